The van der Waals surface area contributed by atoms with Crippen molar-refractivity contribution in [2.24, 2.45) is 5.41 Å². The fourth-order valence-electron chi connectivity index (χ4n) is 4.34. The number of carbonyl (C=O) groups is 2. The van der Waals surface area contributed by atoms with E-state index in [9.17, 15) is 14.7 Å². The first-order valence-electron chi connectivity index (χ1n) is 9.38. The molecule has 0 aromatic carbocycles. The molecule has 2 saturated heterocycles. The van der Waals surface area contributed by atoms with E-state index >= 15 is 0 Å². The Kier molecular flexibility index (Phi) is 5.46. The molecule has 2 aliphatic rings. The minimum atomic E-state index is -0.717. The van der Waals surface area contributed by atoms with Crippen LogP contribution in [0.3, 0.4) is 0 Å². The Morgan fingerprint density at radius 2 is 2.12 bits per heavy atom. The molecule has 142 valence electrons. The molecular formula is C19H28N4O3. The fourth-order valence-corrected chi connectivity index (χ4v) is 4.34. The molecule has 2 fully saturated rings. The topological polar surface area (TPSA) is 85.8 Å². The van der Waals surface area contributed by atoms with Crippen LogP contribution in [0, 0.1) is 5.41 Å². The minimum absolute atomic E-state index is 0.0249. The summed E-state index contributed by atoms with van der Waals surface area (Å²) in [5.74, 6) is -0.0122. The van der Waals surface area contributed by atoms with Gasteiger partial charge in [-0.05, 0) is 49.8 Å². The lowest BCUT2D eigenvalue weighted by molar-refractivity contribution is -0.142. The predicted molar refractivity (Wildman–Crippen MR) is 99.3 cm³/mol. The van der Waals surface area contributed by atoms with E-state index in [1.54, 1.807) is 25.4 Å². The van der Waals surface area contributed by atoms with E-state index in [-0.39, 0.29) is 17.4 Å². The third-order valence-corrected chi connectivity index (χ3v) is 5.78. The van der Waals surface area contributed by atoms with Gasteiger partial charge in [0.2, 0.25) is 0 Å². The maximum absolute atomic E-state index is 12.8. The highest BCUT2D eigenvalue weighted by molar-refractivity contribution is 5.94. The third-order valence-electron chi connectivity index (χ3n) is 5.78. The van der Waals surface area contributed by atoms with Crippen LogP contribution < -0.4 is 5.32 Å². The van der Waals surface area contributed by atoms with Gasteiger partial charge in [0.15, 0.2) is 0 Å². The number of nitrogens with one attached hydrogen (secondary N) is 1. The maximum atomic E-state index is 12.8. The number of carbonyl (C=O) groups excluding carboxylic acids is 1. The van der Waals surface area contributed by atoms with Gasteiger partial charge in [-0.25, -0.2) is 4.98 Å². The number of hydrogen-bond acceptors (Lipinski definition) is 5. The molecule has 0 bridgehead atoms. The number of piperidine rings is 1. The van der Waals surface area contributed by atoms with Crippen LogP contribution in [0.5, 0.6) is 0 Å². The van der Waals surface area contributed by atoms with Gasteiger partial charge in [-0.2, -0.15) is 0 Å². The summed E-state index contributed by atoms with van der Waals surface area (Å²) in [6.45, 7) is 5.11. The van der Waals surface area contributed by atoms with Crippen molar-refractivity contribution in [3.8, 4) is 0 Å². The molecule has 0 radical (unpaired) electrons. The summed E-state index contributed by atoms with van der Waals surface area (Å²) in [6.07, 6.45) is 5.03. The molecule has 26 heavy (non-hydrogen) atoms. The lowest BCUT2D eigenvalue weighted by Crippen LogP contribution is -2.44. The van der Waals surface area contributed by atoms with E-state index in [0.717, 1.165) is 32.4 Å². The number of aliphatic carboxylic acids is 1. The third kappa shape index (κ3) is 3.67. The van der Waals surface area contributed by atoms with Gasteiger partial charge in [0.25, 0.3) is 5.91 Å². The predicted octanol–water partition coefficient (Wildman–Crippen LogP) is 1.91. The van der Waals surface area contributed by atoms with Crippen LogP contribution in [0.1, 0.15) is 43.0 Å². The smallest absolute Gasteiger partial charge is 0.320 e. The van der Waals surface area contributed by atoms with Crippen molar-refractivity contribution in [3.63, 3.8) is 0 Å². The van der Waals surface area contributed by atoms with Crippen molar-refractivity contribution in [1.29, 1.82) is 0 Å². The number of carboxylic acids is 1. The van der Waals surface area contributed by atoms with Crippen molar-refractivity contribution >= 4 is 17.7 Å². The van der Waals surface area contributed by atoms with Gasteiger partial charge in [-0.3, -0.25) is 14.5 Å². The van der Waals surface area contributed by atoms with Gasteiger partial charge in [-0.1, -0.05) is 6.92 Å². The number of aromatic nitrogens is 1. The second-order valence-corrected chi connectivity index (χ2v) is 7.50. The van der Waals surface area contributed by atoms with Crippen molar-refractivity contribution in [2.75, 3.05) is 38.5 Å². The number of anilines is 1. The van der Waals surface area contributed by atoms with Gasteiger partial charge in [0.05, 0.1) is 0 Å². The van der Waals surface area contributed by atoms with Gasteiger partial charge in [-0.15, -0.1) is 0 Å². The van der Waals surface area contributed by atoms with Gasteiger partial charge in [0.1, 0.15) is 11.9 Å². The summed E-state index contributed by atoms with van der Waals surface area (Å²) in [7, 11) is 1.78. The summed E-state index contributed by atoms with van der Waals surface area (Å²) >= 11 is 0. The van der Waals surface area contributed by atoms with Crippen LogP contribution in [0.15, 0.2) is 18.3 Å². The first kappa shape index (κ1) is 18.6. The first-order valence-corrected chi connectivity index (χ1v) is 9.38. The maximum Gasteiger partial charge on any atom is 0.320 e. The number of pyridine rings is 1. The number of rotatable bonds is 5. The number of nitrogens with zero attached hydrogens (tertiary/aromatic N) is 3. The Morgan fingerprint density at radius 1 is 1.38 bits per heavy atom. The molecule has 2 aliphatic heterocycles. The van der Waals surface area contributed by atoms with Crippen LogP contribution in [-0.4, -0.2) is 71.0 Å². The number of carboxylic acid groups (broad SMARTS) is 1. The minimum Gasteiger partial charge on any atom is -0.480 e. The molecule has 0 aliphatic carbocycles. The molecule has 1 aromatic heterocycles. The van der Waals surface area contributed by atoms with Gasteiger partial charge < -0.3 is 15.3 Å². The second kappa shape index (κ2) is 7.61. The molecule has 0 saturated carbocycles. The molecule has 1 atom stereocenters. The summed E-state index contributed by atoms with van der Waals surface area (Å²) in [5, 5.41) is 12.5. The molecule has 1 unspecified atom stereocenters. The van der Waals surface area contributed by atoms with Crippen LogP contribution in [0.25, 0.3) is 0 Å². The monoisotopic (exact) mass is 360 g/mol. The molecule has 2 N–H and O–H groups in total. The number of likely N-dealkylation sites (tertiary alicyclic amines) is 2. The van der Waals surface area contributed by atoms with E-state index in [0.29, 0.717) is 30.9 Å². The Bertz CT molecular complexity index is 671. The van der Waals surface area contributed by atoms with E-state index in [2.05, 4.69) is 22.1 Å². The summed E-state index contributed by atoms with van der Waals surface area (Å²) in [6, 6.07) is 3.13. The van der Waals surface area contributed by atoms with Crippen molar-refractivity contribution < 1.29 is 14.7 Å². The Morgan fingerprint density at radius 3 is 2.73 bits per heavy atom. The lowest BCUT2D eigenvalue weighted by atomic mass is 9.76. The van der Waals surface area contributed by atoms with E-state index in [1.807, 2.05) is 4.90 Å². The zero-order chi connectivity index (χ0) is 18.7. The van der Waals surface area contributed by atoms with Crippen LogP contribution in [0.4, 0.5) is 5.82 Å². The molecule has 1 spiro atoms. The molecule has 1 amide bonds. The fraction of sp³-hybridized carbons (Fsp3) is 0.632. The van der Waals surface area contributed by atoms with E-state index < -0.39 is 5.97 Å². The summed E-state index contributed by atoms with van der Waals surface area (Å²) in [4.78, 5) is 32.5. The van der Waals surface area contributed by atoms with Crippen LogP contribution in [-0.2, 0) is 4.79 Å². The normalized spacial score (nSPS) is 22.5. The quantitative estimate of drug-likeness (QED) is 0.834. The molecular weight excluding hydrogens is 332 g/mol. The Balaban J connectivity index is 1.65. The highest BCUT2D eigenvalue weighted by Gasteiger charge is 2.48. The standard InChI is InChI=1S/C19H28N4O3/c1-3-8-23-13-19(12-15(23)18(25)26)5-9-22(10-6-19)17(24)14-4-7-21-16(11-14)20-2/h4,7,11,15H,3,5-6,8-10,12-13H2,1-2H3,(H,20,21)(H,25,26). The van der Waals surface area contributed by atoms with Gasteiger partial charge >= 0.3 is 5.97 Å². The SMILES string of the molecule is CCCN1CC2(CCN(C(=O)c3ccnc(NC)c3)CC2)CC1C(=O)O. The van der Waals surface area contributed by atoms with Crippen molar-refractivity contribution in [3.05, 3.63) is 23.9 Å². The average Bonchev–Trinajstić information content (AvgIpc) is 3.00. The summed E-state index contributed by atoms with van der Waals surface area (Å²) in [5.41, 5.74) is 0.673. The largest absolute Gasteiger partial charge is 0.480 e. The molecule has 7 heteroatoms. The zero-order valence-corrected chi connectivity index (χ0v) is 15.6. The van der Waals surface area contributed by atoms with Crippen LogP contribution >= 0.6 is 0 Å². The molecule has 3 heterocycles. The van der Waals surface area contributed by atoms with Crippen molar-refractivity contribution in [1.82, 2.24) is 14.8 Å². The van der Waals surface area contributed by atoms with Crippen LogP contribution in [0.2, 0.25) is 0 Å². The highest BCUT2D eigenvalue weighted by Crippen LogP contribution is 2.43. The Labute approximate surface area is 154 Å². The molecule has 3 rings (SSSR count). The average molecular weight is 360 g/mol. The number of amides is 1. The first-order chi connectivity index (χ1) is 12.5. The summed E-state index contributed by atoms with van der Waals surface area (Å²) < 4.78 is 0. The Hall–Kier alpha value is -2.15. The zero-order valence-electron chi connectivity index (χ0n) is 15.6. The second-order valence-electron chi connectivity index (χ2n) is 7.50. The van der Waals surface area contributed by atoms with Gasteiger partial charge in [0, 0.05) is 38.4 Å². The highest BCUT2D eigenvalue weighted by atomic mass is 16.4. The molecule has 7 nitrogen and oxygen atoms in total. The van der Waals surface area contributed by atoms with Crippen molar-refractivity contribution in [2.45, 2.75) is 38.6 Å². The number of hydrogen-bond donors (Lipinski definition) is 2. The molecule has 1 aromatic rings. The lowest BCUT2D eigenvalue weighted by Gasteiger charge is -2.39. The van der Waals surface area contributed by atoms with E-state index in [1.165, 1.54) is 0 Å². The van der Waals surface area contributed by atoms with E-state index in [4.69, 9.17) is 0 Å².